The molecule has 0 aliphatic carbocycles. The highest BCUT2D eigenvalue weighted by Crippen LogP contribution is 2.53. The molecular weight excluding hydrogens is 460 g/mol. The lowest BCUT2D eigenvalue weighted by Gasteiger charge is -2.35. The molecule has 1 N–H and O–H groups in total. The highest BCUT2D eigenvalue weighted by molar-refractivity contribution is 6.50. The molecule has 8 heteroatoms. The molecule has 3 aliphatic rings. The molecule has 8 nitrogen and oxygen atoms in total. The van der Waals surface area contributed by atoms with Gasteiger partial charge < -0.3 is 24.4 Å². The van der Waals surface area contributed by atoms with Crippen LogP contribution in [0.1, 0.15) is 30.9 Å². The normalized spacial score (nSPS) is 24.6. The maximum absolute atomic E-state index is 14.3. The first-order valence-corrected chi connectivity index (χ1v) is 12.1. The fourth-order valence-electron chi connectivity index (χ4n) is 5.44. The van der Waals surface area contributed by atoms with Gasteiger partial charge in [0.25, 0.3) is 17.6 Å². The molecule has 0 radical (unpaired) electrons. The van der Waals surface area contributed by atoms with E-state index in [1.165, 1.54) is 9.80 Å². The van der Waals surface area contributed by atoms with Crippen LogP contribution in [-0.4, -0.2) is 60.0 Å². The van der Waals surface area contributed by atoms with Crippen LogP contribution < -0.4 is 9.64 Å². The van der Waals surface area contributed by atoms with Crippen LogP contribution in [0, 0.1) is 0 Å². The Kier molecular flexibility index (Phi) is 6.14. The molecule has 3 heterocycles. The number of anilines is 1. The average molecular weight is 489 g/mol. The number of rotatable bonds is 7. The second-order valence-corrected chi connectivity index (χ2v) is 8.99. The van der Waals surface area contributed by atoms with Crippen LogP contribution in [0.5, 0.6) is 5.75 Å². The molecule has 2 aromatic carbocycles. The van der Waals surface area contributed by atoms with E-state index in [4.69, 9.17) is 9.47 Å². The molecule has 3 aliphatic heterocycles. The third-order valence-electron chi connectivity index (χ3n) is 6.97. The first-order chi connectivity index (χ1) is 17.4. The molecule has 0 bridgehead atoms. The Morgan fingerprint density at radius 2 is 1.94 bits per heavy atom. The van der Waals surface area contributed by atoms with Crippen molar-refractivity contribution in [2.24, 2.45) is 0 Å². The SMILES string of the molecule is C=CCN1C(=O)[C@@]2(C(=C(O)c3ccc(OCC)cc3)C(=O)C(=O)N2C[C@H]2CCCO2)c2ccccc21. The van der Waals surface area contributed by atoms with Gasteiger partial charge in [0.2, 0.25) is 0 Å². The summed E-state index contributed by atoms with van der Waals surface area (Å²) in [5.74, 6) is -2.02. The van der Waals surface area contributed by atoms with E-state index < -0.39 is 28.9 Å². The zero-order valence-electron chi connectivity index (χ0n) is 20.1. The van der Waals surface area contributed by atoms with Crippen LogP contribution in [0.4, 0.5) is 5.69 Å². The molecule has 2 amide bonds. The lowest BCUT2D eigenvalue weighted by Crippen LogP contribution is -2.53. The Bertz CT molecular complexity index is 1260. The van der Waals surface area contributed by atoms with Gasteiger partial charge in [-0.25, -0.2) is 0 Å². The number of carbonyl (C=O) groups is 3. The number of likely N-dealkylation sites (tertiary alicyclic amines) is 1. The summed E-state index contributed by atoms with van der Waals surface area (Å²) in [5.41, 5.74) is -0.692. The number of Topliss-reactive ketones (excluding diaryl/α,β-unsaturated/α-hetero) is 1. The molecule has 0 aromatic heterocycles. The molecule has 0 unspecified atom stereocenters. The van der Waals surface area contributed by atoms with Crippen molar-refractivity contribution >= 4 is 29.0 Å². The Hall–Kier alpha value is -3.91. The van der Waals surface area contributed by atoms with E-state index in [2.05, 4.69) is 6.58 Å². The van der Waals surface area contributed by atoms with Gasteiger partial charge >= 0.3 is 0 Å². The van der Waals surface area contributed by atoms with Crippen LogP contribution >= 0.6 is 0 Å². The lowest BCUT2D eigenvalue weighted by atomic mass is 9.81. The summed E-state index contributed by atoms with van der Waals surface area (Å²) < 4.78 is 11.3. The highest BCUT2D eigenvalue weighted by Gasteiger charge is 2.67. The van der Waals surface area contributed by atoms with Crippen LogP contribution in [0.25, 0.3) is 5.76 Å². The van der Waals surface area contributed by atoms with E-state index >= 15 is 0 Å². The Labute approximate surface area is 209 Å². The summed E-state index contributed by atoms with van der Waals surface area (Å²) in [7, 11) is 0. The summed E-state index contributed by atoms with van der Waals surface area (Å²) in [6.45, 7) is 6.91. The second-order valence-electron chi connectivity index (χ2n) is 8.99. The standard InChI is InChI=1S/C28H28N2O6/c1-3-15-29-22-10-6-5-9-21(22)28(27(29)34)23(24(31)18-11-13-19(14-12-18)35-4-2)25(32)26(33)30(28)17-20-8-7-16-36-20/h3,5-6,9-14,20,31H,1,4,7-8,15-17H2,2H3/t20-,28+/m1/s1. The van der Waals surface area contributed by atoms with Gasteiger partial charge in [0.1, 0.15) is 11.5 Å². The first-order valence-electron chi connectivity index (χ1n) is 12.1. The molecule has 2 saturated heterocycles. The predicted molar refractivity (Wildman–Crippen MR) is 134 cm³/mol. The molecule has 2 aromatic rings. The van der Waals surface area contributed by atoms with E-state index in [-0.39, 0.29) is 24.8 Å². The van der Waals surface area contributed by atoms with Crippen LogP contribution in [-0.2, 0) is 24.7 Å². The zero-order chi connectivity index (χ0) is 25.4. The highest BCUT2D eigenvalue weighted by atomic mass is 16.5. The van der Waals surface area contributed by atoms with Gasteiger partial charge in [-0.05, 0) is 50.1 Å². The topological polar surface area (TPSA) is 96.4 Å². The number of hydrogen-bond acceptors (Lipinski definition) is 6. The van der Waals surface area contributed by atoms with Crippen molar-refractivity contribution in [2.75, 3.05) is 31.2 Å². The Balaban J connectivity index is 1.75. The Morgan fingerprint density at radius 1 is 1.19 bits per heavy atom. The summed E-state index contributed by atoms with van der Waals surface area (Å²) >= 11 is 0. The van der Waals surface area contributed by atoms with Gasteiger partial charge in [-0.1, -0.05) is 24.3 Å². The maximum Gasteiger partial charge on any atom is 0.296 e. The number of ketones is 1. The average Bonchev–Trinajstić information content (AvgIpc) is 3.55. The Morgan fingerprint density at radius 3 is 2.61 bits per heavy atom. The van der Waals surface area contributed by atoms with Gasteiger partial charge in [0.05, 0.1) is 24.0 Å². The van der Waals surface area contributed by atoms with Gasteiger partial charge in [0, 0.05) is 30.8 Å². The van der Waals surface area contributed by atoms with Crippen molar-refractivity contribution in [1.82, 2.24) is 4.90 Å². The van der Waals surface area contributed by atoms with Crippen molar-refractivity contribution in [2.45, 2.75) is 31.4 Å². The van der Waals surface area contributed by atoms with Crippen molar-refractivity contribution in [1.29, 1.82) is 0 Å². The molecule has 36 heavy (non-hydrogen) atoms. The van der Waals surface area contributed by atoms with E-state index in [0.717, 1.165) is 6.42 Å². The smallest absolute Gasteiger partial charge is 0.296 e. The van der Waals surface area contributed by atoms with Gasteiger partial charge in [0.15, 0.2) is 5.54 Å². The van der Waals surface area contributed by atoms with Gasteiger partial charge in [-0.2, -0.15) is 0 Å². The second kappa shape index (κ2) is 9.28. The van der Waals surface area contributed by atoms with E-state index in [0.29, 0.717) is 42.2 Å². The van der Waals surface area contributed by atoms with E-state index in [1.807, 2.05) is 6.92 Å². The van der Waals surface area contributed by atoms with Crippen molar-refractivity contribution < 1.29 is 29.0 Å². The fourth-order valence-corrected chi connectivity index (χ4v) is 5.44. The number of aliphatic hydroxyl groups excluding tert-OH is 1. The first kappa shape index (κ1) is 23.8. The summed E-state index contributed by atoms with van der Waals surface area (Å²) in [5, 5.41) is 11.5. The number of para-hydroxylation sites is 1. The predicted octanol–water partition coefficient (Wildman–Crippen LogP) is 3.37. The maximum atomic E-state index is 14.3. The summed E-state index contributed by atoms with van der Waals surface area (Å²) in [4.78, 5) is 44.2. The number of amides is 2. The van der Waals surface area contributed by atoms with E-state index in [9.17, 15) is 19.5 Å². The third kappa shape index (κ3) is 3.44. The van der Waals surface area contributed by atoms with Crippen molar-refractivity contribution in [3.63, 3.8) is 0 Å². The number of carbonyl (C=O) groups excluding carboxylic acids is 3. The van der Waals surface area contributed by atoms with Crippen LogP contribution in [0.2, 0.25) is 0 Å². The molecule has 5 rings (SSSR count). The number of hydrogen-bond donors (Lipinski definition) is 1. The number of aliphatic hydroxyl groups is 1. The third-order valence-corrected chi connectivity index (χ3v) is 6.97. The molecule has 2 atom stereocenters. The fraction of sp³-hybridized carbons (Fsp3) is 0.321. The van der Waals surface area contributed by atoms with E-state index in [1.54, 1.807) is 54.6 Å². The number of benzene rings is 2. The molecular formula is C28H28N2O6. The minimum atomic E-state index is -1.80. The summed E-state index contributed by atoms with van der Waals surface area (Å²) in [6, 6.07) is 13.6. The van der Waals surface area contributed by atoms with Gasteiger partial charge in [-0.15, -0.1) is 6.58 Å². The lowest BCUT2D eigenvalue weighted by molar-refractivity contribution is -0.145. The molecule has 186 valence electrons. The molecule has 1 spiro atoms. The minimum Gasteiger partial charge on any atom is -0.507 e. The van der Waals surface area contributed by atoms with Crippen LogP contribution in [0.3, 0.4) is 0 Å². The monoisotopic (exact) mass is 488 g/mol. The number of ether oxygens (including phenoxy) is 2. The largest absolute Gasteiger partial charge is 0.507 e. The number of nitrogens with zero attached hydrogens (tertiary/aromatic N) is 2. The minimum absolute atomic E-state index is 0.0621. The molecule has 0 saturated carbocycles. The molecule has 2 fully saturated rings. The van der Waals surface area contributed by atoms with Crippen molar-refractivity contribution in [3.8, 4) is 5.75 Å². The zero-order valence-corrected chi connectivity index (χ0v) is 20.1. The van der Waals surface area contributed by atoms with Gasteiger partial charge in [-0.3, -0.25) is 14.4 Å². The number of fused-ring (bicyclic) bond motifs is 2. The van der Waals surface area contributed by atoms with Crippen molar-refractivity contribution in [3.05, 3.63) is 77.9 Å². The quantitative estimate of drug-likeness (QED) is 0.278. The van der Waals surface area contributed by atoms with Crippen LogP contribution in [0.15, 0.2) is 66.8 Å². The summed E-state index contributed by atoms with van der Waals surface area (Å²) in [6.07, 6.45) is 2.83.